The zero-order valence-corrected chi connectivity index (χ0v) is 62.8. The predicted molar refractivity (Wildman–Crippen MR) is 397 cm³/mol. The van der Waals surface area contributed by atoms with Crippen LogP contribution in [-0.4, -0.2) is 150 Å². The van der Waals surface area contributed by atoms with E-state index in [0.717, 1.165) is 81.7 Å². The van der Waals surface area contributed by atoms with Crippen molar-refractivity contribution in [2.45, 2.75) is 197 Å². The number of aliphatic hydroxyl groups excluding tert-OH is 5. The minimum absolute atomic E-state index is 0.0180. The number of fused-ring (bicyclic) bond motifs is 15. The topological polar surface area (TPSA) is 451 Å². The Morgan fingerprint density at radius 3 is 1.92 bits per heavy atom. The lowest BCUT2D eigenvalue weighted by Crippen LogP contribution is -2.60. The van der Waals surface area contributed by atoms with Crippen LogP contribution >= 0.6 is 23.2 Å². The second kappa shape index (κ2) is 34.3. The molecule has 15 bridgehead atoms. The van der Waals surface area contributed by atoms with Crippen molar-refractivity contribution in [2.75, 3.05) is 13.1 Å². The molecule has 28 nitrogen and oxygen atoms in total. The molecule has 30 heteroatoms. The van der Waals surface area contributed by atoms with E-state index in [4.69, 9.17) is 47.9 Å². The summed E-state index contributed by atoms with van der Waals surface area (Å²) in [7, 11) is 0. The number of halogens is 2. The van der Waals surface area contributed by atoms with Crippen LogP contribution in [0.4, 0.5) is 4.79 Å². The molecule has 590 valence electrons. The van der Waals surface area contributed by atoms with Crippen LogP contribution in [0.3, 0.4) is 0 Å². The molecule has 110 heavy (non-hydrogen) atoms. The van der Waals surface area contributed by atoms with Crippen molar-refractivity contribution in [3.63, 3.8) is 0 Å². The zero-order chi connectivity index (χ0) is 78.8. The largest absolute Gasteiger partial charge is 0.508 e. The summed E-state index contributed by atoms with van der Waals surface area (Å²) < 4.78 is 25.7. The van der Waals surface area contributed by atoms with Gasteiger partial charge in [0.05, 0.1) is 21.9 Å². The number of aromatic hydroxyl groups is 3. The summed E-state index contributed by atoms with van der Waals surface area (Å²) in [5.41, 5.74) is 4.55. The molecule has 4 aliphatic carbocycles. The summed E-state index contributed by atoms with van der Waals surface area (Å²) in [6, 6.07) is 6.51. The predicted octanol–water partition coefficient (Wildman–Crippen LogP) is 8.12. The number of phenols is 3. The SMILES string of the molecule is CCCCCCNC(=O)NC(=O)C[C@@H]1CC(=O)[C@H](NC(=O)[C@H](CC)CC(C)C)[C@H](O)c2ccc(c(Cl)c2)Oc2cc3cc(c2O[C@@H]2O[C@H](CN)[C@@H](O)[C@H](O)[C@H]2O)Oc2ccc(cc2Cl)[C@@H](O)[C@@H]2NC(=O)[C@H](CC(=O)[C@@H]3NC1=O)c1ccc(O)c(c1)-c1c(O)cc(O)cc1[C@@H](C(=O)CC1C3CC4CC(C3)CC1C4)NC2=O. The lowest BCUT2D eigenvalue weighted by atomic mass is 9.51. The van der Waals surface area contributed by atoms with E-state index in [1.165, 1.54) is 48.5 Å². The number of ether oxygens (including phenoxy) is 4. The van der Waals surface area contributed by atoms with Gasteiger partial charge < -0.3 is 92.1 Å². The molecule has 1 saturated heterocycles. The molecule has 6 heterocycles. The number of unbranched alkanes of at least 4 members (excludes halogenated alkanes) is 3. The van der Waals surface area contributed by atoms with Crippen molar-refractivity contribution < 1.29 is 103 Å². The second-order valence-corrected chi connectivity index (χ2v) is 31.7. The summed E-state index contributed by atoms with van der Waals surface area (Å²) in [4.78, 5) is 137. The lowest BCUT2D eigenvalue weighted by molar-refractivity contribution is -0.270. The van der Waals surface area contributed by atoms with E-state index in [1.807, 2.05) is 20.8 Å². The average Bonchev–Trinajstić information content (AvgIpc) is 0.770. The van der Waals surface area contributed by atoms with Crippen LogP contribution in [0.25, 0.3) is 11.1 Å². The van der Waals surface area contributed by atoms with E-state index >= 15 is 28.8 Å². The smallest absolute Gasteiger partial charge is 0.321 e. The average molecular weight is 1560 g/mol. The zero-order valence-electron chi connectivity index (χ0n) is 61.3. The molecule has 0 spiro atoms. The van der Waals surface area contributed by atoms with Crippen LogP contribution in [0.5, 0.6) is 46.0 Å². The van der Waals surface area contributed by atoms with Crippen molar-refractivity contribution in [3.05, 3.63) is 117 Å². The number of nitrogens with two attached hydrogens (primary N) is 1. The fraction of sp³-hybridized carbons (Fsp3) is 0.512. The van der Waals surface area contributed by atoms with Crippen LogP contribution in [0.15, 0.2) is 78.9 Å². The molecule has 5 fully saturated rings. The van der Waals surface area contributed by atoms with Crippen molar-refractivity contribution >= 4 is 76.1 Å². The number of hydrogen-bond acceptors (Lipinski definition) is 22. The first kappa shape index (κ1) is 80.5. The van der Waals surface area contributed by atoms with Crippen molar-refractivity contribution in [2.24, 2.45) is 53.1 Å². The Hall–Kier alpha value is -8.97. The fourth-order valence-electron chi connectivity index (χ4n) is 17.2. The molecule has 5 aromatic carbocycles. The van der Waals surface area contributed by atoms with Crippen LogP contribution in [-0.2, 0) is 43.1 Å². The minimum Gasteiger partial charge on any atom is -0.508 e. The Labute approximate surface area is 644 Å². The van der Waals surface area contributed by atoms with Gasteiger partial charge in [0.2, 0.25) is 41.6 Å². The number of aliphatic hydroxyl groups is 5. The van der Waals surface area contributed by atoms with E-state index in [-0.39, 0.29) is 97.1 Å². The molecule has 7 amide bonds. The summed E-state index contributed by atoms with van der Waals surface area (Å²) in [6.45, 7) is 7.25. The van der Waals surface area contributed by atoms with Gasteiger partial charge in [-0.25, -0.2) is 4.79 Å². The molecule has 10 aliphatic rings. The fourth-order valence-corrected chi connectivity index (χ4v) is 17.7. The molecule has 14 atom stereocenters. The van der Waals surface area contributed by atoms with E-state index in [2.05, 4.69) is 31.9 Å². The van der Waals surface area contributed by atoms with Crippen LogP contribution < -0.4 is 51.8 Å². The molecular formula is C80H95Cl2N7O21. The number of urea groups is 1. The van der Waals surface area contributed by atoms with Crippen molar-refractivity contribution in [3.8, 4) is 57.1 Å². The Kier molecular flexibility index (Phi) is 25.1. The number of nitrogens with one attached hydrogen (secondary N) is 6. The first-order chi connectivity index (χ1) is 52.5. The number of benzene rings is 5. The highest BCUT2D eigenvalue weighted by molar-refractivity contribution is 6.32. The molecule has 15 rings (SSSR count). The van der Waals surface area contributed by atoms with Gasteiger partial charge in [-0.1, -0.05) is 88.4 Å². The van der Waals surface area contributed by atoms with Gasteiger partial charge in [0.1, 0.15) is 89.5 Å². The van der Waals surface area contributed by atoms with Gasteiger partial charge in [-0.05, 0) is 169 Å². The number of hydrogen-bond donors (Lipinski definition) is 15. The van der Waals surface area contributed by atoms with Crippen LogP contribution in [0.1, 0.15) is 182 Å². The first-order valence-electron chi connectivity index (χ1n) is 37.8. The maximum Gasteiger partial charge on any atom is 0.321 e. The first-order valence-corrected chi connectivity index (χ1v) is 38.6. The summed E-state index contributed by atoms with van der Waals surface area (Å²) in [5, 5.41) is 110. The van der Waals surface area contributed by atoms with E-state index in [9.17, 15) is 55.2 Å². The monoisotopic (exact) mass is 1560 g/mol. The standard InChI is InChI=1S/C80H95Cl2N7O21/c1-5-7-8-9-16-84-80(106)85-63(96)29-45-26-55(93)67(88-75(102)38(6-2)17-35(3)4)69(97)40-11-14-58(51(81)24-40)107-60-27-44-28-61(74(60)110-79-73(101)72(100)71(99)62(34-83)109-79)108-59-15-12-41(25-52(59)82)70(98)68-78(105)87-66(57(95)32-47-42-19-36-18-37(21-42)22-43(47)20-36)50-30-46(90)31-54(92)64(50)49-23-39(10-13-53(49)91)48(77(104)89-68)33-56(94)65(44)86-76(45)103/h10-15,23-25,27-28,30-31,35-38,42-43,45,47-48,62,65-73,79,90-92,97-101H,5-9,16-22,26,29,32-34,83H2,1-4H3,(H,86,103)(H,87,105)(H,88,102)(H,89,104)(H2,84,85,96,106)/t36?,37?,38-,42?,43?,45+,47?,48-,62-,65-,66+,67+,68+,69-,70-,71-,72+,73-,79+/m1/s1. The van der Waals surface area contributed by atoms with Gasteiger partial charge in [-0.3, -0.25) is 43.7 Å². The van der Waals surface area contributed by atoms with E-state index in [1.54, 1.807) is 6.92 Å². The molecule has 4 saturated carbocycles. The van der Waals surface area contributed by atoms with Gasteiger partial charge in [0, 0.05) is 61.9 Å². The number of ketones is 3. The van der Waals surface area contributed by atoms with E-state index in [0.29, 0.717) is 31.1 Å². The number of Topliss-reactive ketones (excluding diaryl/α,β-unsaturated/α-hetero) is 3. The number of imide groups is 1. The van der Waals surface area contributed by atoms with Gasteiger partial charge >= 0.3 is 6.03 Å². The third-order valence-electron chi connectivity index (χ3n) is 22.8. The molecule has 0 radical (unpaired) electrons. The van der Waals surface area contributed by atoms with Gasteiger partial charge in [-0.15, -0.1) is 0 Å². The van der Waals surface area contributed by atoms with Gasteiger partial charge in [0.25, 0.3) is 0 Å². The Bertz CT molecular complexity index is 4340. The molecule has 6 aliphatic heterocycles. The third-order valence-corrected chi connectivity index (χ3v) is 23.4. The molecule has 0 unspecified atom stereocenters. The normalized spacial score (nSPS) is 28.8. The number of carbonyl (C=O) groups excluding carboxylic acids is 9. The van der Waals surface area contributed by atoms with Gasteiger partial charge in [0.15, 0.2) is 28.8 Å². The molecule has 16 N–H and O–H groups in total. The number of amides is 7. The lowest BCUT2D eigenvalue weighted by Gasteiger charge is -2.54. The third kappa shape index (κ3) is 17.5. The summed E-state index contributed by atoms with van der Waals surface area (Å²) in [5.74, 6) is -15.3. The van der Waals surface area contributed by atoms with Crippen molar-refractivity contribution in [1.82, 2.24) is 31.9 Å². The number of phenolic OH excluding ortho intramolecular Hbond substituents is 3. The number of rotatable bonds is 18. The Balaban J connectivity index is 1.05. The Morgan fingerprint density at radius 1 is 0.655 bits per heavy atom. The minimum atomic E-state index is -2.17. The van der Waals surface area contributed by atoms with Crippen LogP contribution in [0.2, 0.25) is 10.0 Å². The molecular weight excluding hydrogens is 1470 g/mol. The maximum absolute atomic E-state index is 16.5. The quantitative estimate of drug-likeness (QED) is 0.0368. The summed E-state index contributed by atoms with van der Waals surface area (Å²) in [6.07, 6.45) is -7.86. The highest BCUT2D eigenvalue weighted by atomic mass is 35.5. The second-order valence-electron chi connectivity index (χ2n) is 30.9. The molecule has 0 aromatic heterocycles. The molecule has 5 aromatic rings. The summed E-state index contributed by atoms with van der Waals surface area (Å²) >= 11 is 14.3. The van der Waals surface area contributed by atoms with E-state index < -0.39 is 198 Å². The highest BCUT2D eigenvalue weighted by Gasteiger charge is 2.51. The maximum atomic E-state index is 16.5. The van der Waals surface area contributed by atoms with Crippen molar-refractivity contribution in [1.29, 1.82) is 0 Å². The highest BCUT2D eigenvalue weighted by Crippen LogP contribution is 2.58. The number of carbonyl (C=O) groups is 9. The van der Waals surface area contributed by atoms with Crippen LogP contribution in [0, 0.1) is 47.3 Å². The van der Waals surface area contributed by atoms with Gasteiger partial charge in [-0.2, -0.15) is 0 Å². The Morgan fingerprint density at radius 2 is 1.30 bits per heavy atom.